The van der Waals surface area contributed by atoms with E-state index in [1.807, 2.05) is 50.2 Å². The number of pyridine rings is 1. The molecule has 1 heterocycles. The summed E-state index contributed by atoms with van der Waals surface area (Å²) < 4.78 is 5.72. The van der Waals surface area contributed by atoms with Crippen LogP contribution in [0.5, 0.6) is 5.75 Å². The van der Waals surface area contributed by atoms with E-state index in [0.29, 0.717) is 0 Å². The number of halogens is 1. The highest BCUT2D eigenvalue weighted by atomic mass is 35.5. The maximum Gasteiger partial charge on any atom is 0.168 e. The quantitative estimate of drug-likeness (QED) is 0.867. The molecule has 2 rings (SSSR count). The van der Waals surface area contributed by atoms with Gasteiger partial charge >= 0.3 is 0 Å². The molecule has 106 valence electrons. The molecule has 0 saturated carbocycles. The summed E-state index contributed by atoms with van der Waals surface area (Å²) in [6.45, 7) is 4.81. The molecule has 3 nitrogen and oxygen atoms in total. The number of anilines is 1. The van der Waals surface area contributed by atoms with Crippen molar-refractivity contribution in [2.24, 2.45) is 0 Å². The first-order valence-corrected chi connectivity index (χ1v) is 7.13. The van der Waals surface area contributed by atoms with Crippen molar-refractivity contribution in [1.29, 1.82) is 0 Å². The summed E-state index contributed by atoms with van der Waals surface area (Å²) >= 11 is 5.87. The van der Waals surface area contributed by atoms with E-state index in [9.17, 15) is 0 Å². The normalized spacial score (nSPS) is 10.6. The standard InChI is InChI=1S/C16H19ClN2O/c1-12(2)20-15-4-3-10-18-16(15)19-11-9-13-5-7-14(17)8-6-13/h3-8,10,12H,9,11H2,1-2H3,(H,18,19). The summed E-state index contributed by atoms with van der Waals surface area (Å²) in [5.41, 5.74) is 1.24. The van der Waals surface area contributed by atoms with Crippen molar-refractivity contribution in [2.75, 3.05) is 11.9 Å². The van der Waals surface area contributed by atoms with Crippen molar-refractivity contribution in [3.63, 3.8) is 0 Å². The highest BCUT2D eigenvalue weighted by Crippen LogP contribution is 2.22. The van der Waals surface area contributed by atoms with Crippen LogP contribution in [-0.4, -0.2) is 17.6 Å². The van der Waals surface area contributed by atoms with Crippen molar-refractivity contribution >= 4 is 17.4 Å². The van der Waals surface area contributed by atoms with Gasteiger partial charge in [-0.05, 0) is 50.1 Å². The fourth-order valence-electron chi connectivity index (χ4n) is 1.85. The Morgan fingerprint density at radius 3 is 2.65 bits per heavy atom. The van der Waals surface area contributed by atoms with Gasteiger partial charge in [-0.15, -0.1) is 0 Å². The first-order chi connectivity index (χ1) is 9.65. The second kappa shape index (κ2) is 7.15. The van der Waals surface area contributed by atoms with E-state index in [2.05, 4.69) is 10.3 Å². The van der Waals surface area contributed by atoms with Gasteiger partial charge < -0.3 is 10.1 Å². The molecule has 0 atom stereocenters. The smallest absolute Gasteiger partial charge is 0.168 e. The number of nitrogens with one attached hydrogen (secondary N) is 1. The van der Waals surface area contributed by atoms with E-state index < -0.39 is 0 Å². The summed E-state index contributed by atoms with van der Waals surface area (Å²) in [7, 11) is 0. The minimum Gasteiger partial charge on any atom is -0.487 e. The Kier molecular flexibility index (Phi) is 5.24. The van der Waals surface area contributed by atoms with Crippen molar-refractivity contribution in [3.8, 4) is 5.75 Å². The molecule has 0 aliphatic rings. The molecule has 1 aromatic heterocycles. The van der Waals surface area contributed by atoms with E-state index >= 15 is 0 Å². The molecule has 1 N–H and O–H groups in total. The Bertz CT molecular complexity index is 540. The van der Waals surface area contributed by atoms with Crippen LogP contribution in [0, 0.1) is 0 Å². The van der Waals surface area contributed by atoms with Gasteiger partial charge in [0.25, 0.3) is 0 Å². The SMILES string of the molecule is CC(C)Oc1cccnc1NCCc1ccc(Cl)cc1. The zero-order chi connectivity index (χ0) is 14.4. The average molecular weight is 291 g/mol. The topological polar surface area (TPSA) is 34.1 Å². The predicted octanol–water partition coefficient (Wildman–Crippen LogP) is 4.18. The lowest BCUT2D eigenvalue weighted by Gasteiger charge is -2.14. The molecular formula is C16H19ClN2O. The van der Waals surface area contributed by atoms with E-state index in [0.717, 1.165) is 29.6 Å². The Hall–Kier alpha value is -1.74. The van der Waals surface area contributed by atoms with Gasteiger partial charge in [0.15, 0.2) is 11.6 Å². The monoisotopic (exact) mass is 290 g/mol. The van der Waals surface area contributed by atoms with Gasteiger partial charge in [0.2, 0.25) is 0 Å². The van der Waals surface area contributed by atoms with Crippen LogP contribution in [0.3, 0.4) is 0 Å². The number of hydrogen-bond acceptors (Lipinski definition) is 3. The van der Waals surface area contributed by atoms with Crippen molar-refractivity contribution in [1.82, 2.24) is 4.98 Å². The number of hydrogen-bond donors (Lipinski definition) is 1. The third-order valence-corrected chi connectivity index (χ3v) is 3.00. The lowest BCUT2D eigenvalue weighted by atomic mass is 10.1. The molecule has 0 saturated heterocycles. The molecule has 2 aromatic rings. The molecule has 0 unspecified atom stereocenters. The third-order valence-electron chi connectivity index (χ3n) is 2.75. The number of aromatic nitrogens is 1. The summed E-state index contributed by atoms with van der Waals surface area (Å²) in [5, 5.41) is 4.08. The molecule has 0 fully saturated rings. The highest BCUT2D eigenvalue weighted by molar-refractivity contribution is 6.30. The predicted molar refractivity (Wildman–Crippen MR) is 83.6 cm³/mol. The summed E-state index contributed by atoms with van der Waals surface area (Å²) in [6, 6.07) is 11.7. The van der Waals surface area contributed by atoms with E-state index in [1.165, 1.54) is 5.56 Å². The van der Waals surface area contributed by atoms with E-state index in [-0.39, 0.29) is 6.10 Å². The number of rotatable bonds is 6. The summed E-state index contributed by atoms with van der Waals surface area (Å²) in [4.78, 5) is 4.32. The van der Waals surface area contributed by atoms with Gasteiger partial charge in [0, 0.05) is 17.8 Å². The summed E-state index contributed by atoms with van der Waals surface area (Å²) in [5.74, 6) is 1.58. The fraction of sp³-hybridized carbons (Fsp3) is 0.312. The molecule has 0 spiro atoms. The summed E-state index contributed by atoms with van der Waals surface area (Å²) in [6.07, 6.45) is 2.81. The van der Waals surface area contributed by atoms with E-state index in [4.69, 9.17) is 16.3 Å². The molecule has 0 amide bonds. The van der Waals surface area contributed by atoms with Crippen LogP contribution in [0.25, 0.3) is 0 Å². The van der Waals surface area contributed by atoms with Crippen LogP contribution in [0.1, 0.15) is 19.4 Å². The molecule has 0 aliphatic heterocycles. The van der Waals surface area contributed by atoms with Gasteiger partial charge in [0.1, 0.15) is 0 Å². The lowest BCUT2D eigenvalue weighted by molar-refractivity contribution is 0.243. The number of nitrogens with zero attached hydrogens (tertiary/aromatic N) is 1. The Balaban J connectivity index is 1.92. The van der Waals surface area contributed by atoms with Crippen LogP contribution in [-0.2, 0) is 6.42 Å². The molecule has 4 heteroatoms. The van der Waals surface area contributed by atoms with Crippen molar-refractivity contribution < 1.29 is 4.74 Å². The minimum absolute atomic E-state index is 0.135. The molecular weight excluding hydrogens is 272 g/mol. The van der Waals surface area contributed by atoms with Crippen LogP contribution >= 0.6 is 11.6 Å². The van der Waals surface area contributed by atoms with Crippen LogP contribution < -0.4 is 10.1 Å². The van der Waals surface area contributed by atoms with Crippen LogP contribution in [0.4, 0.5) is 5.82 Å². The van der Waals surface area contributed by atoms with Gasteiger partial charge in [-0.3, -0.25) is 0 Å². The van der Waals surface area contributed by atoms with Gasteiger partial charge in [-0.2, -0.15) is 0 Å². The average Bonchev–Trinajstić information content (AvgIpc) is 2.42. The molecule has 20 heavy (non-hydrogen) atoms. The van der Waals surface area contributed by atoms with Gasteiger partial charge in [-0.25, -0.2) is 4.98 Å². The number of ether oxygens (including phenoxy) is 1. The first kappa shape index (κ1) is 14.7. The molecule has 0 radical (unpaired) electrons. The third kappa shape index (κ3) is 4.42. The van der Waals surface area contributed by atoms with Gasteiger partial charge in [0.05, 0.1) is 6.10 Å². The maximum absolute atomic E-state index is 5.87. The molecule has 0 aliphatic carbocycles. The second-order valence-electron chi connectivity index (χ2n) is 4.82. The Morgan fingerprint density at radius 2 is 1.95 bits per heavy atom. The van der Waals surface area contributed by atoms with Gasteiger partial charge in [-0.1, -0.05) is 23.7 Å². The fourth-order valence-corrected chi connectivity index (χ4v) is 1.97. The lowest BCUT2D eigenvalue weighted by Crippen LogP contribution is -2.11. The maximum atomic E-state index is 5.87. The van der Waals surface area contributed by atoms with Crippen LogP contribution in [0.15, 0.2) is 42.6 Å². The zero-order valence-electron chi connectivity index (χ0n) is 11.8. The van der Waals surface area contributed by atoms with E-state index in [1.54, 1.807) is 6.20 Å². The molecule has 0 bridgehead atoms. The van der Waals surface area contributed by atoms with Crippen molar-refractivity contribution in [2.45, 2.75) is 26.4 Å². The Morgan fingerprint density at radius 1 is 1.20 bits per heavy atom. The second-order valence-corrected chi connectivity index (χ2v) is 5.26. The number of benzene rings is 1. The van der Waals surface area contributed by atoms with Crippen LogP contribution in [0.2, 0.25) is 5.02 Å². The first-order valence-electron chi connectivity index (χ1n) is 6.75. The molecule has 1 aromatic carbocycles. The largest absolute Gasteiger partial charge is 0.487 e. The Labute approximate surface area is 124 Å². The minimum atomic E-state index is 0.135. The zero-order valence-corrected chi connectivity index (χ0v) is 12.5. The van der Waals surface area contributed by atoms with Crippen molar-refractivity contribution in [3.05, 3.63) is 53.2 Å². The highest BCUT2D eigenvalue weighted by Gasteiger charge is 2.05.